The number of fused-ring (bicyclic) bond motifs is 1. The van der Waals surface area contributed by atoms with Gasteiger partial charge in [0.1, 0.15) is 11.6 Å². The minimum atomic E-state index is 0.505. The molecule has 100 valence electrons. The minimum Gasteiger partial charge on any atom is -0.497 e. The Morgan fingerprint density at radius 2 is 2.37 bits per heavy atom. The summed E-state index contributed by atoms with van der Waals surface area (Å²) >= 11 is 0. The molecule has 19 heavy (non-hydrogen) atoms. The molecule has 1 aliphatic heterocycles. The number of nitrogens with two attached hydrogens (primary N) is 1. The van der Waals surface area contributed by atoms with Crippen LogP contribution in [0, 0.1) is 0 Å². The lowest BCUT2D eigenvalue weighted by molar-refractivity contribution is 0.410. The lowest BCUT2D eigenvalue weighted by atomic mass is 9.90. The second-order valence-corrected chi connectivity index (χ2v) is 4.99. The number of hydrogen-bond acceptors (Lipinski definition) is 3. The summed E-state index contributed by atoms with van der Waals surface area (Å²) in [6.07, 6.45) is 4.18. The molecule has 0 fully saturated rings. The molecular weight excluding hydrogens is 238 g/mol. The number of aryl methyl sites for hydroxylation is 1. The second kappa shape index (κ2) is 5.05. The SMILES string of the molecule is COc1cccc(C2CCc3cnc(CN)n3C2)c1. The molecule has 2 aromatic rings. The van der Waals surface area contributed by atoms with Crippen molar-refractivity contribution in [3.8, 4) is 5.75 Å². The van der Waals surface area contributed by atoms with Gasteiger partial charge in [-0.25, -0.2) is 4.98 Å². The van der Waals surface area contributed by atoms with Gasteiger partial charge in [-0.05, 0) is 30.5 Å². The Bertz CT molecular complexity index is 563. The van der Waals surface area contributed by atoms with Gasteiger partial charge in [0.05, 0.1) is 13.7 Å². The van der Waals surface area contributed by atoms with Gasteiger partial charge in [-0.2, -0.15) is 0 Å². The maximum absolute atomic E-state index is 5.74. The highest BCUT2D eigenvalue weighted by Gasteiger charge is 2.22. The summed E-state index contributed by atoms with van der Waals surface area (Å²) in [5.74, 6) is 2.43. The summed E-state index contributed by atoms with van der Waals surface area (Å²) in [6.45, 7) is 1.47. The van der Waals surface area contributed by atoms with Gasteiger partial charge in [-0.1, -0.05) is 12.1 Å². The first-order chi connectivity index (χ1) is 9.31. The van der Waals surface area contributed by atoms with E-state index in [1.54, 1.807) is 7.11 Å². The van der Waals surface area contributed by atoms with E-state index in [2.05, 4.69) is 27.8 Å². The molecule has 1 unspecified atom stereocenters. The van der Waals surface area contributed by atoms with E-state index >= 15 is 0 Å². The average molecular weight is 257 g/mol. The third-order valence-corrected chi connectivity index (χ3v) is 3.92. The molecule has 4 heteroatoms. The molecule has 2 heterocycles. The largest absolute Gasteiger partial charge is 0.497 e. The fraction of sp³-hybridized carbons (Fsp3) is 0.400. The molecule has 0 bridgehead atoms. The monoisotopic (exact) mass is 257 g/mol. The van der Waals surface area contributed by atoms with Crippen LogP contribution in [-0.4, -0.2) is 16.7 Å². The second-order valence-electron chi connectivity index (χ2n) is 4.99. The smallest absolute Gasteiger partial charge is 0.122 e. The van der Waals surface area contributed by atoms with E-state index < -0.39 is 0 Å². The fourth-order valence-corrected chi connectivity index (χ4v) is 2.84. The van der Waals surface area contributed by atoms with Gasteiger partial charge in [0.25, 0.3) is 0 Å². The lowest BCUT2D eigenvalue weighted by Crippen LogP contribution is -2.21. The Kier molecular flexibility index (Phi) is 3.25. The average Bonchev–Trinajstić information content (AvgIpc) is 2.89. The Balaban J connectivity index is 1.88. The van der Waals surface area contributed by atoms with Crippen LogP contribution in [0.1, 0.15) is 29.4 Å². The minimum absolute atomic E-state index is 0.505. The van der Waals surface area contributed by atoms with Gasteiger partial charge < -0.3 is 15.0 Å². The Morgan fingerprint density at radius 1 is 1.47 bits per heavy atom. The van der Waals surface area contributed by atoms with E-state index in [1.807, 2.05) is 12.3 Å². The van der Waals surface area contributed by atoms with Crippen LogP contribution in [0.15, 0.2) is 30.5 Å². The van der Waals surface area contributed by atoms with Gasteiger partial charge in [-0.15, -0.1) is 0 Å². The van der Waals surface area contributed by atoms with E-state index in [4.69, 9.17) is 10.5 Å². The molecule has 1 aromatic heterocycles. The molecule has 1 aliphatic rings. The summed E-state index contributed by atoms with van der Waals surface area (Å²) in [7, 11) is 1.71. The van der Waals surface area contributed by atoms with Crippen LogP contribution < -0.4 is 10.5 Å². The zero-order chi connectivity index (χ0) is 13.2. The number of imidazole rings is 1. The van der Waals surface area contributed by atoms with Crippen molar-refractivity contribution in [1.82, 2.24) is 9.55 Å². The van der Waals surface area contributed by atoms with Crippen molar-refractivity contribution in [2.75, 3.05) is 7.11 Å². The lowest BCUT2D eigenvalue weighted by Gasteiger charge is -2.26. The molecule has 0 aliphatic carbocycles. The number of aromatic nitrogens is 2. The molecular formula is C15H19N3O. The van der Waals surface area contributed by atoms with Gasteiger partial charge in [0.2, 0.25) is 0 Å². The molecule has 0 amide bonds. The molecule has 2 N–H and O–H groups in total. The highest BCUT2D eigenvalue weighted by Crippen LogP contribution is 2.31. The van der Waals surface area contributed by atoms with Crippen LogP contribution in [0.2, 0.25) is 0 Å². The van der Waals surface area contributed by atoms with Crippen molar-refractivity contribution < 1.29 is 4.74 Å². The Morgan fingerprint density at radius 3 is 3.16 bits per heavy atom. The molecule has 3 rings (SSSR count). The van der Waals surface area contributed by atoms with Crippen LogP contribution in [-0.2, 0) is 19.5 Å². The number of rotatable bonds is 3. The number of nitrogens with zero attached hydrogens (tertiary/aromatic N) is 2. The van der Waals surface area contributed by atoms with Crippen LogP contribution in [0.25, 0.3) is 0 Å². The van der Waals surface area contributed by atoms with Crippen molar-refractivity contribution >= 4 is 0 Å². The number of ether oxygens (including phenoxy) is 1. The summed E-state index contributed by atoms with van der Waals surface area (Å²) in [5, 5.41) is 0. The molecule has 0 saturated heterocycles. The predicted molar refractivity (Wildman–Crippen MR) is 74.2 cm³/mol. The number of hydrogen-bond donors (Lipinski definition) is 1. The predicted octanol–water partition coefficient (Wildman–Crippen LogP) is 2.08. The molecule has 1 atom stereocenters. The van der Waals surface area contributed by atoms with Crippen molar-refractivity contribution in [3.05, 3.63) is 47.5 Å². The molecule has 0 radical (unpaired) electrons. The molecule has 4 nitrogen and oxygen atoms in total. The van der Waals surface area contributed by atoms with Crippen LogP contribution in [0.4, 0.5) is 0 Å². The van der Waals surface area contributed by atoms with Gasteiger partial charge in [-0.3, -0.25) is 0 Å². The number of methoxy groups -OCH3 is 1. The number of benzene rings is 1. The fourth-order valence-electron chi connectivity index (χ4n) is 2.84. The highest BCUT2D eigenvalue weighted by atomic mass is 16.5. The topological polar surface area (TPSA) is 53.1 Å². The third kappa shape index (κ3) is 2.24. The van der Waals surface area contributed by atoms with Gasteiger partial charge >= 0.3 is 0 Å². The van der Waals surface area contributed by atoms with E-state index in [0.29, 0.717) is 12.5 Å². The highest BCUT2D eigenvalue weighted by molar-refractivity contribution is 5.31. The Labute approximate surface area is 113 Å². The van der Waals surface area contributed by atoms with Gasteiger partial charge in [0, 0.05) is 24.4 Å². The summed E-state index contributed by atoms with van der Waals surface area (Å²) < 4.78 is 7.58. The van der Waals surface area contributed by atoms with Crippen molar-refractivity contribution in [1.29, 1.82) is 0 Å². The summed E-state index contributed by atoms with van der Waals surface area (Å²) in [5.41, 5.74) is 8.38. The van der Waals surface area contributed by atoms with Crippen molar-refractivity contribution in [2.45, 2.75) is 31.8 Å². The maximum Gasteiger partial charge on any atom is 0.122 e. The van der Waals surface area contributed by atoms with Crippen molar-refractivity contribution in [3.63, 3.8) is 0 Å². The van der Waals surface area contributed by atoms with E-state index in [1.165, 1.54) is 11.3 Å². The standard InChI is InChI=1S/C15H19N3O/c1-19-14-4-2-3-11(7-14)12-5-6-13-9-17-15(8-16)18(13)10-12/h2-4,7,9,12H,5-6,8,10,16H2,1H3. The first-order valence-electron chi connectivity index (χ1n) is 6.69. The first kappa shape index (κ1) is 12.2. The maximum atomic E-state index is 5.74. The van der Waals surface area contributed by atoms with E-state index in [9.17, 15) is 0 Å². The van der Waals surface area contributed by atoms with Crippen LogP contribution in [0.3, 0.4) is 0 Å². The van der Waals surface area contributed by atoms with E-state index in [-0.39, 0.29) is 0 Å². The quantitative estimate of drug-likeness (QED) is 0.916. The Hall–Kier alpha value is -1.81. The van der Waals surface area contributed by atoms with E-state index in [0.717, 1.165) is 31.0 Å². The zero-order valence-corrected chi connectivity index (χ0v) is 11.2. The molecule has 0 saturated carbocycles. The first-order valence-corrected chi connectivity index (χ1v) is 6.69. The summed E-state index contributed by atoms with van der Waals surface area (Å²) in [6, 6.07) is 8.35. The molecule has 0 spiro atoms. The third-order valence-electron chi connectivity index (χ3n) is 3.92. The zero-order valence-electron chi connectivity index (χ0n) is 11.2. The summed E-state index contributed by atoms with van der Waals surface area (Å²) in [4.78, 5) is 4.39. The van der Waals surface area contributed by atoms with Gasteiger partial charge in [0.15, 0.2) is 0 Å². The van der Waals surface area contributed by atoms with Crippen LogP contribution in [0.5, 0.6) is 5.75 Å². The van der Waals surface area contributed by atoms with Crippen LogP contribution >= 0.6 is 0 Å². The molecule has 1 aromatic carbocycles. The normalized spacial score (nSPS) is 18.1. The van der Waals surface area contributed by atoms with Crippen molar-refractivity contribution in [2.24, 2.45) is 5.73 Å².